The fraction of sp³-hybridized carbons (Fsp3) is 0.600. The zero-order chi connectivity index (χ0) is 20.4. The molecule has 1 aromatic rings. The molecule has 0 aliphatic rings. The molecule has 7 heteroatoms. The van der Waals surface area contributed by atoms with Gasteiger partial charge in [-0.3, -0.25) is 9.59 Å². The molecule has 0 saturated carbocycles. The Kier molecular flexibility index (Phi) is 9.64. The first-order valence-electron chi connectivity index (χ1n) is 9.18. The van der Waals surface area contributed by atoms with Gasteiger partial charge in [-0.2, -0.15) is 0 Å². The maximum atomic E-state index is 12.7. The molecular formula is C20H32N2O5. The molecule has 2 N–H and O–H groups in total. The van der Waals surface area contributed by atoms with Gasteiger partial charge in [-0.15, -0.1) is 0 Å². The van der Waals surface area contributed by atoms with Gasteiger partial charge in [0.1, 0.15) is 12.6 Å². The zero-order valence-electron chi connectivity index (χ0n) is 17.1. The molecule has 0 radical (unpaired) electrons. The van der Waals surface area contributed by atoms with E-state index in [9.17, 15) is 9.59 Å². The van der Waals surface area contributed by atoms with Crippen LogP contribution in [-0.4, -0.2) is 45.3 Å². The Balaban J connectivity index is 2.85. The minimum Gasteiger partial charge on any atom is -0.493 e. The maximum absolute atomic E-state index is 12.7. The summed E-state index contributed by atoms with van der Waals surface area (Å²) in [7, 11) is 3.15. The molecule has 0 aliphatic carbocycles. The molecule has 1 atom stereocenters. The molecule has 0 bridgehead atoms. The van der Waals surface area contributed by atoms with Gasteiger partial charge in [0.05, 0.1) is 13.7 Å². The highest BCUT2D eigenvalue weighted by atomic mass is 16.5. The van der Waals surface area contributed by atoms with Crippen LogP contribution in [0, 0.1) is 11.8 Å². The second-order valence-electron chi connectivity index (χ2n) is 7.08. The number of rotatable bonds is 11. The van der Waals surface area contributed by atoms with Gasteiger partial charge < -0.3 is 24.8 Å². The van der Waals surface area contributed by atoms with E-state index in [0.717, 1.165) is 0 Å². The summed E-state index contributed by atoms with van der Waals surface area (Å²) >= 11 is 0. The lowest BCUT2D eigenvalue weighted by molar-refractivity contribution is -0.127. The summed E-state index contributed by atoms with van der Waals surface area (Å²) in [5.74, 6) is 0.866. The third-order valence-corrected chi connectivity index (χ3v) is 3.84. The molecule has 0 heterocycles. The van der Waals surface area contributed by atoms with Crippen molar-refractivity contribution in [2.75, 3.05) is 32.8 Å². The Morgan fingerprint density at radius 1 is 1.04 bits per heavy atom. The minimum absolute atomic E-state index is 0.0446. The second-order valence-corrected chi connectivity index (χ2v) is 7.08. The Hall–Kier alpha value is -2.28. The quantitative estimate of drug-likeness (QED) is 0.577. The Bertz CT molecular complexity index is 616. The van der Waals surface area contributed by atoms with Crippen molar-refractivity contribution in [3.8, 4) is 11.5 Å². The van der Waals surface area contributed by atoms with Gasteiger partial charge >= 0.3 is 0 Å². The van der Waals surface area contributed by atoms with Gasteiger partial charge in [-0.05, 0) is 24.0 Å². The summed E-state index contributed by atoms with van der Waals surface area (Å²) in [5.41, 5.74) is 0.567. The number of carbonyl (C=O) groups is 2. The van der Waals surface area contributed by atoms with E-state index in [2.05, 4.69) is 10.6 Å². The van der Waals surface area contributed by atoms with Crippen LogP contribution in [-0.2, 0) is 14.3 Å². The van der Waals surface area contributed by atoms with Crippen molar-refractivity contribution < 1.29 is 23.8 Å². The van der Waals surface area contributed by atoms with Crippen LogP contribution in [0.25, 0.3) is 0 Å². The molecule has 0 fully saturated rings. The molecular weight excluding hydrogens is 348 g/mol. The summed E-state index contributed by atoms with van der Waals surface area (Å²) in [6.45, 7) is 8.53. The minimum atomic E-state index is -0.615. The summed E-state index contributed by atoms with van der Waals surface area (Å²) in [6.07, 6.45) is 0.385. The van der Waals surface area contributed by atoms with E-state index in [0.29, 0.717) is 36.8 Å². The lowest BCUT2D eigenvalue weighted by atomic mass is 10.0. The van der Waals surface area contributed by atoms with E-state index in [1.165, 1.54) is 0 Å². The molecule has 0 saturated heterocycles. The Labute approximate surface area is 161 Å². The summed E-state index contributed by atoms with van der Waals surface area (Å²) in [6, 6.07) is 4.53. The predicted molar refractivity (Wildman–Crippen MR) is 105 cm³/mol. The number of ether oxygens (including phenoxy) is 3. The van der Waals surface area contributed by atoms with E-state index in [4.69, 9.17) is 14.2 Å². The van der Waals surface area contributed by atoms with Crippen molar-refractivity contribution >= 4 is 17.5 Å². The van der Waals surface area contributed by atoms with Crippen LogP contribution in [0.4, 0.5) is 5.69 Å². The fourth-order valence-corrected chi connectivity index (χ4v) is 2.46. The normalized spacial score (nSPS) is 12.0. The first-order chi connectivity index (χ1) is 12.8. The molecule has 27 heavy (non-hydrogen) atoms. The Morgan fingerprint density at radius 2 is 1.74 bits per heavy atom. The van der Waals surface area contributed by atoms with Crippen molar-refractivity contribution in [3.05, 3.63) is 18.2 Å². The Morgan fingerprint density at radius 3 is 2.30 bits per heavy atom. The van der Waals surface area contributed by atoms with Crippen LogP contribution in [0.15, 0.2) is 18.2 Å². The highest BCUT2D eigenvalue weighted by Crippen LogP contribution is 2.30. The van der Waals surface area contributed by atoms with Crippen molar-refractivity contribution in [1.29, 1.82) is 0 Å². The number of amides is 2. The van der Waals surface area contributed by atoms with Crippen molar-refractivity contribution in [2.45, 2.75) is 40.2 Å². The smallest absolute Gasteiger partial charge is 0.247 e. The van der Waals surface area contributed by atoms with E-state index in [-0.39, 0.29) is 23.7 Å². The fourth-order valence-electron chi connectivity index (χ4n) is 2.46. The molecule has 7 nitrogen and oxygen atoms in total. The molecule has 152 valence electrons. The summed E-state index contributed by atoms with van der Waals surface area (Å²) in [5, 5.41) is 5.67. The largest absolute Gasteiger partial charge is 0.493 e. The summed E-state index contributed by atoms with van der Waals surface area (Å²) in [4.78, 5) is 24.8. The maximum Gasteiger partial charge on any atom is 0.247 e. The average Bonchev–Trinajstić information content (AvgIpc) is 2.59. The number of nitrogens with one attached hydrogen (secondary N) is 2. The molecule has 0 aromatic heterocycles. The molecule has 2 amide bonds. The standard InChI is InChI=1S/C20H32N2O5/c1-13(2)11-18(23)22-19(14(3)4)20(24)21-15-7-8-16(26-6)17(12-15)27-10-9-25-5/h7-8,12-14,19H,9-11H2,1-6H3,(H,21,24)(H,22,23). The van der Waals surface area contributed by atoms with Gasteiger partial charge in [0.15, 0.2) is 11.5 Å². The van der Waals surface area contributed by atoms with Crippen LogP contribution >= 0.6 is 0 Å². The van der Waals surface area contributed by atoms with E-state index in [1.807, 2.05) is 27.7 Å². The zero-order valence-corrected chi connectivity index (χ0v) is 17.1. The number of hydrogen-bond donors (Lipinski definition) is 2. The highest BCUT2D eigenvalue weighted by Gasteiger charge is 2.24. The molecule has 0 spiro atoms. The predicted octanol–water partition coefficient (Wildman–Crippen LogP) is 2.85. The topological polar surface area (TPSA) is 85.9 Å². The van der Waals surface area contributed by atoms with Crippen LogP contribution in [0.2, 0.25) is 0 Å². The third kappa shape index (κ3) is 7.86. The van der Waals surface area contributed by atoms with Crippen molar-refractivity contribution in [1.82, 2.24) is 5.32 Å². The first-order valence-corrected chi connectivity index (χ1v) is 9.18. The van der Waals surface area contributed by atoms with Gasteiger partial charge in [0.2, 0.25) is 11.8 Å². The molecule has 1 aromatic carbocycles. The number of methoxy groups -OCH3 is 2. The monoisotopic (exact) mass is 380 g/mol. The lowest BCUT2D eigenvalue weighted by Crippen LogP contribution is -2.47. The van der Waals surface area contributed by atoms with Crippen LogP contribution < -0.4 is 20.1 Å². The van der Waals surface area contributed by atoms with Gasteiger partial charge in [0, 0.05) is 25.3 Å². The third-order valence-electron chi connectivity index (χ3n) is 3.84. The van der Waals surface area contributed by atoms with Crippen LogP contribution in [0.1, 0.15) is 34.1 Å². The van der Waals surface area contributed by atoms with E-state index in [1.54, 1.807) is 32.4 Å². The summed E-state index contributed by atoms with van der Waals surface area (Å²) < 4.78 is 15.9. The van der Waals surface area contributed by atoms with Gasteiger partial charge in [0.25, 0.3) is 0 Å². The lowest BCUT2D eigenvalue weighted by Gasteiger charge is -2.22. The average molecular weight is 380 g/mol. The SMILES string of the molecule is COCCOc1cc(NC(=O)C(NC(=O)CC(C)C)C(C)C)ccc1OC. The van der Waals surface area contributed by atoms with E-state index >= 15 is 0 Å². The van der Waals surface area contributed by atoms with Crippen molar-refractivity contribution in [2.24, 2.45) is 11.8 Å². The number of carbonyl (C=O) groups excluding carboxylic acids is 2. The number of anilines is 1. The first kappa shape index (κ1) is 22.8. The van der Waals surface area contributed by atoms with Crippen LogP contribution in [0.5, 0.6) is 11.5 Å². The van der Waals surface area contributed by atoms with Crippen LogP contribution in [0.3, 0.4) is 0 Å². The van der Waals surface area contributed by atoms with E-state index < -0.39 is 6.04 Å². The number of benzene rings is 1. The van der Waals surface area contributed by atoms with Crippen molar-refractivity contribution in [3.63, 3.8) is 0 Å². The number of hydrogen-bond acceptors (Lipinski definition) is 5. The van der Waals surface area contributed by atoms with Gasteiger partial charge in [-0.1, -0.05) is 27.7 Å². The highest BCUT2D eigenvalue weighted by molar-refractivity contribution is 5.97. The molecule has 1 unspecified atom stereocenters. The second kappa shape index (κ2) is 11.4. The molecule has 1 rings (SSSR count). The van der Waals surface area contributed by atoms with Gasteiger partial charge in [-0.25, -0.2) is 0 Å². The molecule has 0 aliphatic heterocycles.